The van der Waals surface area contributed by atoms with Crippen molar-refractivity contribution >= 4 is 40.2 Å². The molecule has 104 valence electrons. The van der Waals surface area contributed by atoms with E-state index in [0.717, 1.165) is 12.1 Å². The van der Waals surface area contributed by atoms with Gasteiger partial charge in [0.25, 0.3) is 5.91 Å². The molecule has 0 aliphatic carbocycles. The van der Waals surface area contributed by atoms with E-state index in [9.17, 15) is 18.0 Å². The summed E-state index contributed by atoms with van der Waals surface area (Å²) < 4.78 is 39.8. The third-order valence-corrected chi connectivity index (χ3v) is 3.45. The minimum absolute atomic E-state index is 0.196. The lowest BCUT2D eigenvalue weighted by Gasteiger charge is -2.09. The van der Waals surface area contributed by atoms with Gasteiger partial charge in [0.2, 0.25) is 0 Å². The third-order valence-electron chi connectivity index (χ3n) is 2.48. The summed E-state index contributed by atoms with van der Waals surface area (Å²) >= 11 is 7.25. The number of hydrogen-bond donors (Lipinski definition) is 2. The number of halogens is 4. The molecule has 0 saturated carbocycles. The quantitative estimate of drug-likeness (QED) is 0.602. The maximum absolute atomic E-state index is 13.5. The fourth-order valence-corrected chi connectivity index (χ4v) is 2.13. The molecular weight excluding hydrogens is 355 g/mol. The van der Waals surface area contributed by atoms with Crippen molar-refractivity contribution in [1.82, 2.24) is 0 Å². The van der Waals surface area contributed by atoms with Gasteiger partial charge in [-0.05, 0) is 46.3 Å². The van der Waals surface area contributed by atoms with Crippen LogP contribution >= 0.6 is 28.6 Å². The highest BCUT2D eigenvalue weighted by Gasteiger charge is 2.17. The molecule has 0 bridgehead atoms. The monoisotopic (exact) mass is 361 g/mol. The molecule has 0 saturated heterocycles. The molecule has 2 aromatic carbocycles. The van der Waals surface area contributed by atoms with Gasteiger partial charge in [-0.1, -0.05) is 0 Å². The van der Waals surface area contributed by atoms with Crippen LogP contribution in [0.4, 0.5) is 18.9 Å². The zero-order chi connectivity index (χ0) is 14.9. The van der Waals surface area contributed by atoms with Gasteiger partial charge in [-0.2, -0.15) is 0 Å². The van der Waals surface area contributed by atoms with E-state index in [2.05, 4.69) is 33.9 Å². The number of nitrogens with one attached hydrogen (secondary N) is 1. The average Bonchev–Trinajstić information content (AvgIpc) is 2.42. The second kappa shape index (κ2) is 5.88. The van der Waals surface area contributed by atoms with Crippen LogP contribution in [0.5, 0.6) is 0 Å². The van der Waals surface area contributed by atoms with Crippen molar-refractivity contribution in [3.63, 3.8) is 0 Å². The molecule has 2 nitrogen and oxygen atoms in total. The predicted molar refractivity (Wildman–Crippen MR) is 75.7 cm³/mol. The first-order chi connectivity index (χ1) is 9.40. The van der Waals surface area contributed by atoms with Crippen LogP contribution in [0.1, 0.15) is 10.4 Å². The van der Waals surface area contributed by atoms with Gasteiger partial charge in [-0.15, -0.1) is 12.6 Å². The number of benzene rings is 2. The molecule has 1 amide bonds. The van der Waals surface area contributed by atoms with Gasteiger partial charge in [-0.3, -0.25) is 4.79 Å². The van der Waals surface area contributed by atoms with Crippen LogP contribution in [0.3, 0.4) is 0 Å². The van der Waals surface area contributed by atoms with Crippen molar-refractivity contribution in [2.24, 2.45) is 0 Å². The molecule has 1 N–H and O–H groups in total. The van der Waals surface area contributed by atoms with Crippen molar-refractivity contribution in [3.05, 3.63) is 57.8 Å². The summed E-state index contributed by atoms with van der Waals surface area (Å²) in [5, 5.41) is 2.18. The zero-order valence-corrected chi connectivity index (χ0v) is 12.2. The van der Waals surface area contributed by atoms with Gasteiger partial charge in [0.1, 0.15) is 0 Å². The Kier molecular flexibility index (Phi) is 4.39. The van der Waals surface area contributed by atoms with E-state index >= 15 is 0 Å². The first kappa shape index (κ1) is 14.9. The van der Waals surface area contributed by atoms with E-state index in [4.69, 9.17) is 0 Å². The zero-order valence-electron chi connectivity index (χ0n) is 9.75. The lowest BCUT2D eigenvalue weighted by atomic mass is 10.2. The Morgan fingerprint density at radius 2 is 1.80 bits per heavy atom. The Balaban J connectivity index is 2.33. The minimum Gasteiger partial charge on any atom is -0.319 e. The standard InChI is InChI=1S/C13H7BrF3NOS/c14-8-2-1-6(20)5-7(8)13(19)18-10-4-3-9(15)11(16)12(10)17/h1-5,20H,(H,18,19). The highest BCUT2D eigenvalue weighted by molar-refractivity contribution is 9.10. The van der Waals surface area contributed by atoms with E-state index in [0.29, 0.717) is 9.37 Å². The number of carbonyl (C=O) groups excluding carboxylic acids is 1. The van der Waals surface area contributed by atoms with Crippen molar-refractivity contribution < 1.29 is 18.0 Å². The fraction of sp³-hybridized carbons (Fsp3) is 0. The molecule has 7 heteroatoms. The topological polar surface area (TPSA) is 29.1 Å². The Hall–Kier alpha value is -1.47. The van der Waals surface area contributed by atoms with E-state index in [1.54, 1.807) is 12.1 Å². The number of rotatable bonds is 2. The number of hydrogen-bond acceptors (Lipinski definition) is 2. The van der Waals surface area contributed by atoms with E-state index in [-0.39, 0.29) is 5.56 Å². The van der Waals surface area contributed by atoms with Gasteiger partial charge >= 0.3 is 0 Å². The molecule has 0 heterocycles. The molecular formula is C13H7BrF3NOS. The molecule has 2 rings (SSSR count). The highest BCUT2D eigenvalue weighted by atomic mass is 79.9. The number of anilines is 1. The van der Waals surface area contributed by atoms with Crippen LogP contribution in [0.15, 0.2) is 39.7 Å². The maximum atomic E-state index is 13.5. The Morgan fingerprint density at radius 3 is 2.50 bits per heavy atom. The molecule has 2 aromatic rings. The molecule has 20 heavy (non-hydrogen) atoms. The van der Waals surface area contributed by atoms with Crippen molar-refractivity contribution in [2.75, 3.05) is 5.32 Å². The van der Waals surface area contributed by atoms with Gasteiger partial charge in [-0.25, -0.2) is 13.2 Å². The molecule has 0 aliphatic heterocycles. The van der Waals surface area contributed by atoms with E-state index in [1.165, 1.54) is 6.07 Å². The molecule has 0 aliphatic rings. The van der Waals surface area contributed by atoms with Crippen LogP contribution < -0.4 is 5.32 Å². The largest absolute Gasteiger partial charge is 0.319 e. The summed E-state index contributed by atoms with van der Waals surface area (Å²) in [4.78, 5) is 12.5. The Bertz CT molecular complexity index is 694. The second-order valence-electron chi connectivity index (χ2n) is 3.84. The van der Waals surface area contributed by atoms with Crippen molar-refractivity contribution in [1.29, 1.82) is 0 Å². The molecule has 0 spiro atoms. The summed E-state index contributed by atoms with van der Waals surface area (Å²) in [7, 11) is 0. The SMILES string of the molecule is O=C(Nc1ccc(F)c(F)c1F)c1cc(S)ccc1Br. The normalized spacial score (nSPS) is 10.4. The number of carbonyl (C=O) groups is 1. The molecule has 0 atom stereocenters. The fourth-order valence-electron chi connectivity index (χ4n) is 1.50. The minimum atomic E-state index is -1.63. The third kappa shape index (κ3) is 2.99. The van der Waals surface area contributed by atoms with Gasteiger partial charge < -0.3 is 5.32 Å². The Morgan fingerprint density at radius 1 is 1.10 bits per heavy atom. The maximum Gasteiger partial charge on any atom is 0.256 e. The summed E-state index contributed by atoms with van der Waals surface area (Å²) in [6.45, 7) is 0. The lowest BCUT2D eigenvalue weighted by Crippen LogP contribution is -2.14. The van der Waals surface area contributed by atoms with Crippen LogP contribution in [0, 0.1) is 17.5 Å². The van der Waals surface area contributed by atoms with Crippen LogP contribution in [-0.2, 0) is 0 Å². The lowest BCUT2D eigenvalue weighted by molar-refractivity contribution is 0.102. The van der Waals surface area contributed by atoms with Crippen LogP contribution in [-0.4, -0.2) is 5.91 Å². The number of amides is 1. The van der Waals surface area contributed by atoms with Crippen molar-refractivity contribution in [3.8, 4) is 0 Å². The first-order valence-corrected chi connectivity index (χ1v) is 6.57. The average molecular weight is 362 g/mol. The van der Waals surface area contributed by atoms with Crippen molar-refractivity contribution in [2.45, 2.75) is 4.90 Å². The molecule has 0 unspecified atom stereocenters. The smallest absolute Gasteiger partial charge is 0.256 e. The highest BCUT2D eigenvalue weighted by Crippen LogP contribution is 2.24. The first-order valence-electron chi connectivity index (χ1n) is 5.33. The molecule has 0 radical (unpaired) electrons. The van der Waals surface area contributed by atoms with E-state index < -0.39 is 29.0 Å². The summed E-state index contributed by atoms with van der Waals surface area (Å²) in [5.74, 6) is -5.07. The van der Waals surface area contributed by atoms with Gasteiger partial charge in [0.05, 0.1) is 11.3 Å². The Labute approximate surface area is 126 Å². The summed E-state index contributed by atoms with van der Waals surface area (Å²) in [6, 6.07) is 6.39. The van der Waals surface area contributed by atoms with Crippen LogP contribution in [0.2, 0.25) is 0 Å². The van der Waals surface area contributed by atoms with Gasteiger partial charge in [0, 0.05) is 9.37 Å². The molecule has 0 fully saturated rings. The van der Waals surface area contributed by atoms with Crippen LogP contribution in [0.25, 0.3) is 0 Å². The summed E-state index contributed by atoms with van der Waals surface area (Å²) in [6.07, 6.45) is 0. The van der Waals surface area contributed by atoms with E-state index in [1.807, 2.05) is 0 Å². The second-order valence-corrected chi connectivity index (χ2v) is 5.21. The van der Waals surface area contributed by atoms with Gasteiger partial charge in [0.15, 0.2) is 17.5 Å². The predicted octanol–water partition coefficient (Wildman–Crippen LogP) is 4.41. The number of thiol groups is 1. The summed E-state index contributed by atoms with van der Waals surface area (Å²) in [5.41, 5.74) is -0.244. The molecule has 0 aromatic heterocycles.